The quantitative estimate of drug-likeness (QED) is 0.142. The van der Waals surface area contributed by atoms with Crippen molar-refractivity contribution < 1.29 is 0 Å². The predicted molar refractivity (Wildman–Crippen MR) is 336 cm³/mol. The molecule has 0 fully saturated rings. The van der Waals surface area contributed by atoms with Crippen molar-refractivity contribution in [1.29, 1.82) is 5.26 Å². The van der Waals surface area contributed by atoms with E-state index in [1.54, 1.807) is 12.1 Å². The van der Waals surface area contributed by atoms with Crippen LogP contribution in [0.3, 0.4) is 0 Å². The zero-order valence-electron chi connectivity index (χ0n) is 44.2. The van der Waals surface area contributed by atoms with E-state index in [1.807, 2.05) is 91.0 Å². The third-order valence-electron chi connectivity index (χ3n) is 16.0. The van der Waals surface area contributed by atoms with E-state index in [9.17, 15) is 5.26 Å². The number of hydrogen-bond donors (Lipinski definition) is 0. The van der Waals surface area contributed by atoms with Crippen molar-refractivity contribution in [2.45, 2.75) is 0 Å². The third kappa shape index (κ3) is 7.74. The molecule has 0 atom stereocenters. The second-order valence-electron chi connectivity index (χ2n) is 20.5. The van der Waals surface area contributed by atoms with E-state index in [1.165, 1.54) is 21.5 Å². The summed E-state index contributed by atoms with van der Waals surface area (Å²) in [4.78, 5) is 21.4. The van der Waals surface area contributed by atoms with Crippen LogP contribution in [0, 0.1) is 31.0 Å². The van der Waals surface area contributed by atoms with Gasteiger partial charge in [-0.1, -0.05) is 158 Å². The molecule has 0 amide bonds. The van der Waals surface area contributed by atoms with E-state index in [4.69, 9.17) is 29.7 Å². The molecule has 0 saturated heterocycles. The number of hydrogen-bond acceptors (Lipinski definition) is 3. The lowest BCUT2D eigenvalue weighted by atomic mass is 9.93. The Labute approximate surface area is 476 Å². The topological polar surface area (TPSA) is 77.4 Å². The third-order valence-corrected chi connectivity index (χ3v) is 16.0. The normalized spacial score (nSPS) is 11.3. The lowest BCUT2D eigenvalue weighted by Gasteiger charge is -2.14. The number of aromatic nitrogens is 5. The molecule has 382 valence electrons. The molecule has 0 aliphatic rings. The van der Waals surface area contributed by atoms with Crippen molar-refractivity contribution in [2.24, 2.45) is 0 Å². The molecule has 0 N–H and O–H groups in total. The zero-order chi connectivity index (χ0) is 55.7. The van der Waals surface area contributed by atoms with Crippen molar-refractivity contribution in [3.63, 3.8) is 0 Å². The molecule has 0 bridgehead atoms. The van der Waals surface area contributed by atoms with Gasteiger partial charge in [0, 0.05) is 66.1 Å². The molecule has 11 aromatic carbocycles. The molecule has 0 aliphatic heterocycles. The molecule has 15 aromatic rings. The van der Waals surface area contributed by atoms with E-state index in [0.717, 1.165) is 77.6 Å². The number of rotatable bonds is 8. The standard InChI is InChI=1S/C74H41N9/c1-76-63-22-10-4-20-57(63)67-44-65(79-74(80-67)58-21-5-11-23-64(58)77-2)48-30-28-46(29-31-48)59-43-66(78-3)60(40-49(59)45-75)47-32-34-50(35-33-47)81-72-38-36-51(82-68-24-12-6-16-53(68)54-17-7-13-25-69(54)82)41-61(72)62-42-52(37-39-73(62)81)83-70-26-14-8-18-55(70)56-19-9-15-27-71(56)83/h4-44H. The van der Waals surface area contributed by atoms with Crippen molar-refractivity contribution >= 4 is 82.5 Å². The minimum Gasteiger partial charge on any atom is -0.309 e. The van der Waals surface area contributed by atoms with Crippen LogP contribution in [0.5, 0.6) is 0 Å². The Kier molecular flexibility index (Phi) is 11.2. The van der Waals surface area contributed by atoms with Crippen LogP contribution in [0.4, 0.5) is 17.1 Å². The SMILES string of the molecule is [C-]#[N+]c1cc(-c2ccc(-c3cc(-c4ccccc4[N+]#[C-])nc(-c4ccccc4[N+]#[C-])n3)cc2)c(C#N)cc1-c1ccc(-n2c3ccc(-n4c5ccccc5c5ccccc54)cc3c3cc(-n4c5ccccc5c5ccccc54)ccc32)cc1. The maximum atomic E-state index is 10.8. The first kappa shape index (κ1) is 48.0. The maximum absolute atomic E-state index is 10.8. The molecule has 0 aliphatic carbocycles. The van der Waals surface area contributed by atoms with E-state index in [0.29, 0.717) is 62.1 Å². The fourth-order valence-electron chi connectivity index (χ4n) is 12.2. The first-order chi connectivity index (χ1) is 41.0. The van der Waals surface area contributed by atoms with Crippen molar-refractivity contribution in [3.05, 3.63) is 289 Å². The van der Waals surface area contributed by atoms with Gasteiger partial charge in [-0.2, -0.15) is 5.26 Å². The lowest BCUT2D eigenvalue weighted by Crippen LogP contribution is -1.96. The smallest absolute Gasteiger partial charge is 0.198 e. The Hall–Kier alpha value is -12.1. The second kappa shape index (κ2) is 19.3. The van der Waals surface area contributed by atoms with Crippen LogP contribution < -0.4 is 0 Å². The molecular weight excluding hydrogens is 1010 g/mol. The summed E-state index contributed by atoms with van der Waals surface area (Å²) in [7, 11) is 0. The summed E-state index contributed by atoms with van der Waals surface area (Å²) in [6.07, 6.45) is 0. The summed E-state index contributed by atoms with van der Waals surface area (Å²) in [6.45, 7) is 24.1. The van der Waals surface area contributed by atoms with E-state index < -0.39 is 0 Å². The molecule has 4 aromatic heterocycles. The van der Waals surface area contributed by atoms with E-state index in [2.05, 4.69) is 180 Å². The number of nitriles is 1. The van der Waals surface area contributed by atoms with Gasteiger partial charge in [-0.15, -0.1) is 0 Å². The molecule has 4 heterocycles. The predicted octanol–water partition coefficient (Wildman–Crippen LogP) is 19.6. The first-order valence-electron chi connectivity index (χ1n) is 27.0. The molecule has 0 spiro atoms. The Morgan fingerprint density at radius 2 is 0.711 bits per heavy atom. The van der Waals surface area contributed by atoms with E-state index in [-0.39, 0.29) is 0 Å². The van der Waals surface area contributed by atoms with Crippen LogP contribution >= 0.6 is 0 Å². The zero-order valence-corrected chi connectivity index (χ0v) is 44.2. The lowest BCUT2D eigenvalue weighted by molar-refractivity contribution is 1.16. The molecular formula is C74H41N9. The highest BCUT2D eigenvalue weighted by atomic mass is 15.0. The summed E-state index contributed by atoms with van der Waals surface area (Å²) < 4.78 is 7.06. The highest BCUT2D eigenvalue weighted by Gasteiger charge is 2.21. The van der Waals surface area contributed by atoms with Crippen LogP contribution in [0.2, 0.25) is 0 Å². The average Bonchev–Trinajstić information content (AvgIpc) is 4.29. The van der Waals surface area contributed by atoms with Gasteiger partial charge >= 0.3 is 0 Å². The molecule has 83 heavy (non-hydrogen) atoms. The summed E-state index contributed by atoms with van der Waals surface area (Å²) in [5.74, 6) is 0.371. The van der Waals surface area contributed by atoms with E-state index >= 15 is 0 Å². The van der Waals surface area contributed by atoms with Gasteiger partial charge < -0.3 is 13.7 Å². The molecule has 15 rings (SSSR count). The number of para-hydroxylation sites is 6. The van der Waals surface area contributed by atoms with Crippen molar-refractivity contribution in [1.82, 2.24) is 23.7 Å². The largest absolute Gasteiger partial charge is 0.309 e. The summed E-state index contributed by atoms with van der Waals surface area (Å²) in [6, 6.07) is 86.5. The molecule has 0 unspecified atom stereocenters. The van der Waals surface area contributed by atoms with Crippen LogP contribution in [-0.2, 0) is 0 Å². The monoisotopic (exact) mass is 1060 g/mol. The van der Waals surface area contributed by atoms with Crippen LogP contribution in [0.15, 0.2) is 249 Å². The fraction of sp³-hybridized carbons (Fsp3) is 0. The van der Waals surface area contributed by atoms with Gasteiger partial charge in [-0.05, 0) is 113 Å². The van der Waals surface area contributed by atoms with Gasteiger partial charge in [0.1, 0.15) is 5.82 Å². The Bertz CT molecular complexity index is 5020. The highest BCUT2D eigenvalue weighted by molar-refractivity contribution is 6.14. The fourth-order valence-corrected chi connectivity index (χ4v) is 12.2. The minimum atomic E-state index is 0.371. The maximum Gasteiger partial charge on any atom is 0.198 e. The van der Waals surface area contributed by atoms with Gasteiger partial charge in [0.05, 0.1) is 75.8 Å². The van der Waals surface area contributed by atoms with Gasteiger partial charge in [0.15, 0.2) is 17.1 Å². The average molecular weight is 1060 g/mol. The van der Waals surface area contributed by atoms with Crippen molar-refractivity contribution in [3.8, 4) is 79.3 Å². The minimum absolute atomic E-state index is 0.371. The summed E-state index contributed by atoms with van der Waals surface area (Å²) in [5, 5.41) is 17.8. The second-order valence-corrected chi connectivity index (χ2v) is 20.5. The van der Waals surface area contributed by atoms with Gasteiger partial charge in [-0.25, -0.2) is 24.5 Å². The molecule has 9 nitrogen and oxygen atoms in total. The highest BCUT2D eigenvalue weighted by Crippen LogP contribution is 2.43. The number of nitrogens with zero attached hydrogens (tertiary/aromatic N) is 9. The Morgan fingerprint density at radius 3 is 1.23 bits per heavy atom. The van der Waals surface area contributed by atoms with Crippen LogP contribution in [0.25, 0.3) is 153 Å². The van der Waals surface area contributed by atoms with Crippen LogP contribution in [0.1, 0.15) is 5.56 Å². The van der Waals surface area contributed by atoms with Gasteiger partial charge in [0.2, 0.25) is 0 Å². The molecule has 0 radical (unpaired) electrons. The van der Waals surface area contributed by atoms with Gasteiger partial charge in [-0.3, -0.25) is 0 Å². The molecule has 0 saturated carbocycles. The summed E-state index contributed by atoms with van der Waals surface area (Å²) >= 11 is 0. The summed E-state index contributed by atoms with van der Waals surface area (Å²) in [5.41, 5.74) is 17.6. The van der Waals surface area contributed by atoms with Crippen molar-refractivity contribution in [2.75, 3.05) is 0 Å². The first-order valence-corrected chi connectivity index (χ1v) is 27.0. The Balaban J connectivity index is 0.823. The number of fused-ring (bicyclic) bond motifs is 9. The Morgan fingerprint density at radius 1 is 0.313 bits per heavy atom. The van der Waals surface area contributed by atoms with Crippen LogP contribution in [-0.4, -0.2) is 23.7 Å². The van der Waals surface area contributed by atoms with Gasteiger partial charge in [0.25, 0.3) is 0 Å². The number of benzene rings is 11. The molecule has 9 heteroatoms.